The number of aliphatic hydroxyl groups is 4. The van der Waals surface area contributed by atoms with Crippen molar-refractivity contribution in [1.29, 1.82) is 0 Å². The van der Waals surface area contributed by atoms with Gasteiger partial charge in [0.25, 0.3) is 0 Å². The predicted molar refractivity (Wildman–Crippen MR) is 414 cm³/mol. The van der Waals surface area contributed by atoms with Crippen molar-refractivity contribution in [2.45, 2.75) is 337 Å². The Labute approximate surface area is 630 Å². The molecule has 0 saturated carbocycles. The van der Waals surface area contributed by atoms with Gasteiger partial charge in [-0.2, -0.15) is 0 Å². The fourth-order valence-electron chi connectivity index (χ4n) is 13.0. The second-order valence-electron chi connectivity index (χ2n) is 29.3. The summed E-state index contributed by atoms with van der Waals surface area (Å²) in [5, 5.41) is 57.0. The van der Waals surface area contributed by atoms with Crippen LogP contribution in [0.3, 0.4) is 0 Å². The van der Waals surface area contributed by atoms with Crippen LogP contribution in [0, 0.1) is 23.7 Å². The van der Waals surface area contributed by atoms with Gasteiger partial charge >= 0.3 is 23.9 Å². The quantitative estimate of drug-likeness (QED) is 0.0159. The molecule has 23 nitrogen and oxygen atoms in total. The Hall–Kier alpha value is -4.52. The maximum absolute atomic E-state index is 13.4. The van der Waals surface area contributed by atoms with Crippen LogP contribution < -0.4 is 21.3 Å². The zero-order chi connectivity index (χ0) is 77.2. The Morgan fingerprint density at radius 1 is 0.269 bits per heavy atom. The van der Waals surface area contributed by atoms with Crippen LogP contribution in [0.1, 0.15) is 312 Å². The first-order chi connectivity index (χ1) is 50.3. The summed E-state index contributed by atoms with van der Waals surface area (Å²) in [5.41, 5.74) is 0. The van der Waals surface area contributed by atoms with Crippen LogP contribution in [-0.4, -0.2) is 219 Å². The van der Waals surface area contributed by atoms with E-state index in [9.17, 15) is 58.8 Å². The topological polar surface area (TPSA) is 312 Å². The van der Waals surface area contributed by atoms with Crippen molar-refractivity contribution in [1.82, 2.24) is 36.0 Å². The molecule has 0 spiro atoms. The fourth-order valence-corrected chi connectivity index (χ4v) is 13.0. The second kappa shape index (κ2) is 69.0. The summed E-state index contributed by atoms with van der Waals surface area (Å²) in [6, 6.07) is 0. The molecule has 104 heavy (non-hydrogen) atoms. The predicted octanol–water partition coefficient (Wildman–Crippen LogP) is 11.8. The number of nitrogens with one attached hydrogen (secondary N) is 4. The number of aliphatic hydroxyl groups excluding tert-OH is 4. The number of carbonyl (C=O) groups excluding carboxylic acids is 8. The Morgan fingerprint density at radius 2 is 0.442 bits per heavy atom. The first kappa shape index (κ1) is 99.5. The van der Waals surface area contributed by atoms with Gasteiger partial charge in [0.15, 0.2) is 24.4 Å². The van der Waals surface area contributed by atoms with Crippen LogP contribution in [0.15, 0.2) is 0 Å². The molecule has 0 rings (SSSR count). The number of amides is 4. The molecule has 4 atom stereocenters. The van der Waals surface area contributed by atoms with Crippen LogP contribution in [0.2, 0.25) is 0 Å². The van der Waals surface area contributed by atoms with E-state index in [4.69, 9.17) is 18.9 Å². The number of ether oxygens (including phenoxy) is 4. The summed E-state index contributed by atoms with van der Waals surface area (Å²) in [6.07, 6.45) is 32.9. The van der Waals surface area contributed by atoms with E-state index in [1.165, 1.54) is 9.80 Å². The maximum atomic E-state index is 13.4. The highest BCUT2D eigenvalue weighted by Crippen LogP contribution is 2.23. The summed E-state index contributed by atoms with van der Waals surface area (Å²) in [5.74, 6) is -4.87. The smallest absolute Gasteiger partial charge is 0.336 e. The second-order valence-corrected chi connectivity index (χ2v) is 29.3. The molecule has 0 aromatic rings. The number of rotatable bonds is 74. The normalized spacial score (nSPS) is 12.9. The molecule has 0 aliphatic heterocycles. The van der Waals surface area contributed by atoms with Gasteiger partial charge in [0.1, 0.15) is 26.4 Å². The molecule has 23 heteroatoms. The van der Waals surface area contributed by atoms with Crippen molar-refractivity contribution in [2.24, 2.45) is 23.7 Å². The number of likely N-dealkylation sites (N-methyl/N-ethyl adjacent to an activating group) is 1. The molecule has 0 saturated heterocycles. The van der Waals surface area contributed by atoms with Crippen LogP contribution in [0.4, 0.5) is 0 Å². The van der Waals surface area contributed by atoms with Gasteiger partial charge in [-0.3, -0.25) is 29.0 Å². The third-order valence-corrected chi connectivity index (χ3v) is 19.7. The molecule has 0 aromatic heterocycles. The van der Waals surface area contributed by atoms with E-state index < -0.39 is 48.3 Å². The van der Waals surface area contributed by atoms with Crippen molar-refractivity contribution >= 4 is 47.5 Å². The molecule has 0 bridgehead atoms. The van der Waals surface area contributed by atoms with Crippen LogP contribution in [0.5, 0.6) is 0 Å². The third kappa shape index (κ3) is 54.1. The number of hydrogen-bond acceptors (Lipinski definition) is 19. The van der Waals surface area contributed by atoms with E-state index in [1.54, 1.807) is 7.05 Å². The van der Waals surface area contributed by atoms with E-state index in [0.29, 0.717) is 0 Å². The van der Waals surface area contributed by atoms with E-state index in [0.717, 1.165) is 257 Å². The minimum Gasteiger partial charge on any atom is -0.462 e. The van der Waals surface area contributed by atoms with Gasteiger partial charge in [0, 0.05) is 76.0 Å². The lowest BCUT2D eigenvalue weighted by Crippen LogP contribution is -2.48. The lowest BCUT2D eigenvalue weighted by Gasteiger charge is -2.30. The molecule has 0 aromatic carbocycles. The molecule has 4 unspecified atom stereocenters. The summed E-state index contributed by atoms with van der Waals surface area (Å²) in [4.78, 5) is 112. The van der Waals surface area contributed by atoms with E-state index >= 15 is 0 Å². The molecule has 0 aliphatic rings. The summed E-state index contributed by atoms with van der Waals surface area (Å²) in [7, 11) is 1.75. The molecular formula is C81H155N7O16. The number of unbranched alkanes of at least 4 members (excludes halogenated alkanes) is 24. The van der Waals surface area contributed by atoms with Crippen LogP contribution >= 0.6 is 0 Å². The van der Waals surface area contributed by atoms with Gasteiger partial charge < -0.3 is 65.5 Å². The highest BCUT2D eigenvalue weighted by atomic mass is 16.6. The van der Waals surface area contributed by atoms with Gasteiger partial charge in [0.05, 0.1) is 26.2 Å². The molecule has 0 fully saturated rings. The molecule has 610 valence electrons. The Bertz CT molecular complexity index is 1820. The number of esters is 4. The van der Waals surface area contributed by atoms with Crippen LogP contribution in [0.25, 0.3) is 0 Å². The van der Waals surface area contributed by atoms with Crippen molar-refractivity contribution in [3.8, 4) is 0 Å². The monoisotopic (exact) mass is 1480 g/mol. The van der Waals surface area contributed by atoms with Crippen molar-refractivity contribution < 1.29 is 77.7 Å². The lowest BCUT2D eigenvalue weighted by molar-refractivity contribution is -0.157. The number of carbonyl (C=O) groups is 8. The highest BCUT2D eigenvalue weighted by molar-refractivity contribution is 5.81. The molecule has 0 aliphatic carbocycles. The summed E-state index contributed by atoms with van der Waals surface area (Å²) < 4.78 is 21.8. The van der Waals surface area contributed by atoms with Gasteiger partial charge in [0.2, 0.25) is 23.6 Å². The Balaban J connectivity index is 6.54. The first-order valence-corrected chi connectivity index (χ1v) is 41.9. The van der Waals surface area contributed by atoms with Gasteiger partial charge in [-0.15, -0.1) is 0 Å². The summed E-state index contributed by atoms with van der Waals surface area (Å²) in [6.45, 7) is 15.5. The SMILES string of the molecule is CCCCCCC(CCCCCC)C(=O)NCCOC(=O)C(O)CN(CCN(C)CCN(CC(O)C(=O)OCCNC(=O)C(CCCCCC)CCCCCC)CC(O)C(=O)OCCNC(=O)C(CCCCCC)CCCCCC)CC(O)C(=O)OCCNC(=O)C(CCCCCC)CCCCCC. The van der Waals surface area contributed by atoms with E-state index in [1.807, 2.05) is 4.90 Å². The first-order valence-electron chi connectivity index (χ1n) is 41.9. The van der Waals surface area contributed by atoms with E-state index in [2.05, 4.69) is 76.7 Å². The zero-order valence-electron chi connectivity index (χ0n) is 67.2. The van der Waals surface area contributed by atoms with Crippen molar-refractivity contribution in [2.75, 3.05) is 112 Å². The average Bonchev–Trinajstić information content (AvgIpc) is 0.903. The number of hydrogen-bond donors (Lipinski definition) is 8. The molecule has 4 amide bonds. The largest absolute Gasteiger partial charge is 0.462 e. The van der Waals surface area contributed by atoms with Crippen LogP contribution in [-0.2, 0) is 57.3 Å². The van der Waals surface area contributed by atoms with Crippen molar-refractivity contribution in [3.05, 3.63) is 0 Å². The molecule has 0 heterocycles. The lowest BCUT2D eigenvalue weighted by atomic mass is 9.93. The standard InChI is InChI=1S/C81H155N7O16/c1-10-18-26-34-42-66(43-35-27-19-11-2)74(93)82-50-58-101-78(97)70(89)62-87(63-71(90)79(98)102-59-51-83-75(94)67(44-36-28-20-12-3)45-37-29-21-13-4)56-54-86(9)55-57-88(64-72(91)80(99)103-60-52-84-76(95)68(46-38-30-22-14-5)47-39-31-23-15-6)65-73(92)81(100)104-61-53-85-77(96)69(48-40-32-24-16-7)49-41-33-25-17-8/h66-73,89-92H,10-65H2,1-9H3,(H,82,93)(H,83,94)(H,84,95)(H,85,96). The Morgan fingerprint density at radius 3 is 0.606 bits per heavy atom. The van der Waals surface area contributed by atoms with E-state index in [-0.39, 0.29) is 152 Å². The average molecular weight is 1480 g/mol. The van der Waals surface area contributed by atoms with Gasteiger partial charge in [-0.05, 0) is 58.4 Å². The molecular weight excluding hydrogens is 1330 g/mol. The number of nitrogens with zero attached hydrogens (tertiary/aromatic N) is 3. The highest BCUT2D eigenvalue weighted by Gasteiger charge is 2.30. The minimum atomic E-state index is -1.74. The van der Waals surface area contributed by atoms with Crippen molar-refractivity contribution in [3.63, 3.8) is 0 Å². The fraction of sp³-hybridized carbons (Fsp3) is 0.901. The maximum Gasteiger partial charge on any atom is 0.336 e. The third-order valence-electron chi connectivity index (χ3n) is 19.7. The summed E-state index contributed by atoms with van der Waals surface area (Å²) >= 11 is 0. The molecule has 0 radical (unpaired) electrons. The van der Waals surface area contributed by atoms with Gasteiger partial charge in [-0.1, -0.05) is 261 Å². The minimum absolute atomic E-state index is 0.0423. The zero-order valence-corrected chi connectivity index (χ0v) is 67.2. The molecule has 8 N–H and O–H groups in total. The Kier molecular flexibility index (Phi) is 66.0. The van der Waals surface area contributed by atoms with Gasteiger partial charge in [-0.25, -0.2) is 19.2 Å².